The first kappa shape index (κ1) is 16.7. The molecule has 1 fully saturated rings. The van der Waals surface area contributed by atoms with Crippen LogP contribution in [0.4, 0.5) is 13.2 Å². The van der Waals surface area contributed by atoms with Gasteiger partial charge in [-0.1, -0.05) is 34.1 Å². The van der Waals surface area contributed by atoms with Gasteiger partial charge in [0, 0.05) is 4.83 Å². The van der Waals surface area contributed by atoms with E-state index in [1.807, 2.05) is 24.3 Å². The zero-order valence-corrected chi connectivity index (χ0v) is 13.6. The fourth-order valence-corrected chi connectivity index (χ4v) is 3.93. The van der Waals surface area contributed by atoms with Crippen molar-refractivity contribution in [1.82, 2.24) is 0 Å². The van der Waals surface area contributed by atoms with E-state index in [-0.39, 0.29) is 17.7 Å². The van der Waals surface area contributed by atoms with Crippen LogP contribution in [0, 0.1) is 11.8 Å². The molecule has 1 aliphatic rings. The van der Waals surface area contributed by atoms with E-state index in [2.05, 4.69) is 15.9 Å². The number of hydrogen-bond donors (Lipinski definition) is 0. The Labute approximate surface area is 132 Å². The normalized spacial score (nSPS) is 24.6. The summed E-state index contributed by atoms with van der Waals surface area (Å²) in [5.41, 5.74) is 1.10. The summed E-state index contributed by atoms with van der Waals surface area (Å²) in [7, 11) is 1.64. The quantitative estimate of drug-likeness (QED) is 0.652. The zero-order valence-electron chi connectivity index (χ0n) is 12.0. The summed E-state index contributed by atoms with van der Waals surface area (Å²) in [5.74, 6) is 0.0270. The Morgan fingerprint density at radius 1 is 1.19 bits per heavy atom. The van der Waals surface area contributed by atoms with Gasteiger partial charge < -0.3 is 4.74 Å². The van der Waals surface area contributed by atoms with E-state index >= 15 is 0 Å². The van der Waals surface area contributed by atoms with Crippen LogP contribution in [0.5, 0.6) is 5.75 Å². The highest BCUT2D eigenvalue weighted by molar-refractivity contribution is 9.09. The van der Waals surface area contributed by atoms with Crippen molar-refractivity contribution in [3.8, 4) is 5.75 Å². The summed E-state index contributed by atoms with van der Waals surface area (Å²) in [6.07, 6.45) is -1.48. The molecular weight excluding hydrogens is 345 g/mol. The lowest BCUT2D eigenvalue weighted by Gasteiger charge is -2.32. The number of methoxy groups -OCH3 is 1. The first-order valence-corrected chi connectivity index (χ1v) is 8.16. The highest BCUT2D eigenvalue weighted by Gasteiger charge is 2.42. The molecule has 1 atom stereocenters. The smallest absolute Gasteiger partial charge is 0.391 e. The summed E-state index contributed by atoms with van der Waals surface area (Å²) in [6, 6.07) is 7.79. The molecule has 21 heavy (non-hydrogen) atoms. The average molecular weight is 365 g/mol. The first-order chi connectivity index (χ1) is 9.91. The van der Waals surface area contributed by atoms with Crippen molar-refractivity contribution in [3.05, 3.63) is 29.8 Å². The molecule has 1 aliphatic carbocycles. The fraction of sp³-hybridized carbons (Fsp3) is 0.625. The standard InChI is InChI=1S/C16H20BrF3O/c1-21-15-5-3-2-4-12(15)10-14(17)11-6-8-13(9-7-11)16(18,19)20/h2-5,11,13-14H,6-10H2,1H3. The fourth-order valence-electron chi connectivity index (χ4n) is 3.06. The topological polar surface area (TPSA) is 9.23 Å². The van der Waals surface area contributed by atoms with Gasteiger partial charge in [0.25, 0.3) is 0 Å². The summed E-state index contributed by atoms with van der Waals surface area (Å²) in [6.45, 7) is 0. The maximum Gasteiger partial charge on any atom is 0.391 e. The van der Waals surface area contributed by atoms with Gasteiger partial charge in [0.05, 0.1) is 13.0 Å². The molecule has 0 spiro atoms. The predicted octanol–water partition coefficient (Wildman–Crippen LogP) is 5.37. The molecule has 1 aromatic carbocycles. The number of alkyl halides is 4. The Hall–Kier alpha value is -0.710. The Balaban J connectivity index is 1.92. The van der Waals surface area contributed by atoms with Crippen molar-refractivity contribution in [3.63, 3.8) is 0 Å². The molecule has 0 amide bonds. The van der Waals surface area contributed by atoms with Crippen molar-refractivity contribution < 1.29 is 17.9 Å². The summed E-state index contributed by atoms with van der Waals surface area (Å²) in [4.78, 5) is 0.197. The molecule has 0 radical (unpaired) electrons. The number of benzene rings is 1. The van der Waals surface area contributed by atoms with Crippen LogP contribution in [0.2, 0.25) is 0 Å². The van der Waals surface area contributed by atoms with Gasteiger partial charge in [0.2, 0.25) is 0 Å². The summed E-state index contributed by atoms with van der Waals surface area (Å²) < 4.78 is 43.4. The zero-order chi connectivity index (χ0) is 15.5. The Bertz CT molecular complexity index is 453. The van der Waals surface area contributed by atoms with Crippen LogP contribution >= 0.6 is 15.9 Å². The van der Waals surface area contributed by atoms with Gasteiger partial charge in [0.1, 0.15) is 5.75 Å². The minimum absolute atomic E-state index is 0.197. The van der Waals surface area contributed by atoms with Crippen molar-refractivity contribution in [2.75, 3.05) is 7.11 Å². The highest BCUT2D eigenvalue weighted by atomic mass is 79.9. The minimum Gasteiger partial charge on any atom is -0.496 e. The van der Waals surface area contributed by atoms with Crippen LogP contribution in [0.15, 0.2) is 24.3 Å². The predicted molar refractivity (Wildman–Crippen MR) is 80.9 cm³/mol. The van der Waals surface area contributed by atoms with Crippen molar-refractivity contribution in [2.24, 2.45) is 11.8 Å². The van der Waals surface area contributed by atoms with Crippen molar-refractivity contribution in [1.29, 1.82) is 0 Å². The number of para-hydroxylation sites is 1. The molecule has 0 heterocycles. The van der Waals surface area contributed by atoms with Gasteiger partial charge in [-0.05, 0) is 49.7 Å². The molecule has 0 bridgehead atoms. The number of halogens is 4. The maximum absolute atomic E-state index is 12.7. The summed E-state index contributed by atoms with van der Waals surface area (Å²) in [5, 5.41) is 0. The van der Waals surface area contributed by atoms with E-state index in [0.717, 1.165) is 17.7 Å². The molecule has 2 rings (SSSR count). The van der Waals surface area contributed by atoms with E-state index in [9.17, 15) is 13.2 Å². The van der Waals surface area contributed by atoms with E-state index in [1.54, 1.807) is 7.11 Å². The third kappa shape index (κ3) is 4.38. The lowest BCUT2D eigenvalue weighted by Crippen LogP contribution is -2.30. The van der Waals surface area contributed by atoms with Gasteiger partial charge in [-0.3, -0.25) is 0 Å². The third-order valence-corrected chi connectivity index (χ3v) is 5.43. The second-order valence-corrected chi connectivity index (χ2v) is 6.86. The molecule has 1 nitrogen and oxygen atoms in total. The summed E-state index contributed by atoms with van der Waals surface area (Å²) >= 11 is 3.67. The van der Waals surface area contributed by atoms with Gasteiger partial charge >= 0.3 is 6.18 Å². The van der Waals surface area contributed by atoms with Crippen molar-refractivity contribution >= 4 is 15.9 Å². The largest absolute Gasteiger partial charge is 0.496 e. The van der Waals surface area contributed by atoms with Gasteiger partial charge in [-0.2, -0.15) is 13.2 Å². The number of hydrogen-bond acceptors (Lipinski definition) is 1. The second kappa shape index (κ2) is 7.03. The van der Waals surface area contributed by atoms with Crippen LogP contribution in [0.3, 0.4) is 0 Å². The van der Waals surface area contributed by atoms with Gasteiger partial charge in [-0.25, -0.2) is 0 Å². The molecule has 0 N–H and O–H groups in total. The van der Waals surface area contributed by atoms with Gasteiger partial charge in [-0.15, -0.1) is 0 Å². The van der Waals surface area contributed by atoms with E-state index < -0.39 is 12.1 Å². The molecule has 118 valence electrons. The van der Waals surface area contributed by atoms with E-state index in [1.165, 1.54) is 0 Å². The van der Waals surface area contributed by atoms with Crippen molar-refractivity contribution in [2.45, 2.75) is 43.1 Å². The Morgan fingerprint density at radius 3 is 2.38 bits per heavy atom. The molecule has 1 saturated carbocycles. The van der Waals surface area contributed by atoms with Crippen LogP contribution in [0.1, 0.15) is 31.2 Å². The van der Waals surface area contributed by atoms with E-state index in [4.69, 9.17) is 4.74 Å². The molecule has 0 aliphatic heterocycles. The molecule has 1 aromatic rings. The van der Waals surface area contributed by atoms with Crippen LogP contribution in [-0.2, 0) is 6.42 Å². The third-order valence-electron chi connectivity index (χ3n) is 4.35. The minimum atomic E-state index is -4.03. The van der Waals surface area contributed by atoms with Gasteiger partial charge in [0.15, 0.2) is 0 Å². The number of rotatable bonds is 4. The maximum atomic E-state index is 12.7. The van der Waals surface area contributed by atoms with E-state index in [0.29, 0.717) is 18.8 Å². The molecule has 5 heteroatoms. The molecule has 1 unspecified atom stereocenters. The average Bonchev–Trinajstić information content (AvgIpc) is 2.47. The van der Waals surface area contributed by atoms with Crippen LogP contribution in [0.25, 0.3) is 0 Å². The number of ether oxygens (including phenoxy) is 1. The molecule has 0 saturated heterocycles. The lowest BCUT2D eigenvalue weighted by molar-refractivity contribution is -0.183. The highest BCUT2D eigenvalue weighted by Crippen LogP contribution is 2.42. The lowest BCUT2D eigenvalue weighted by atomic mass is 9.79. The SMILES string of the molecule is COc1ccccc1CC(Br)C1CCC(C(F)(F)F)CC1. The second-order valence-electron chi connectivity index (χ2n) is 5.69. The van der Waals surface area contributed by atoms with Crippen LogP contribution in [-0.4, -0.2) is 18.1 Å². The first-order valence-electron chi connectivity index (χ1n) is 7.24. The Kier molecular flexibility index (Phi) is 5.58. The molecular formula is C16H20BrF3O. The molecule has 0 aromatic heterocycles. The monoisotopic (exact) mass is 364 g/mol. The Morgan fingerprint density at radius 2 is 1.81 bits per heavy atom. The van der Waals surface area contributed by atoms with Crippen LogP contribution < -0.4 is 4.74 Å².